The van der Waals surface area contributed by atoms with Crippen LogP contribution in [0.3, 0.4) is 0 Å². The van der Waals surface area contributed by atoms with Crippen molar-refractivity contribution in [2.75, 3.05) is 0 Å². The van der Waals surface area contributed by atoms with Crippen LogP contribution in [0.15, 0.2) is 42.5 Å². The predicted octanol–water partition coefficient (Wildman–Crippen LogP) is 2.51. The second-order valence-electron chi connectivity index (χ2n) is 3.96. The van der Waals surface area contributed by atoms with Gasteiger partial charge < -0.3 is 10.2 Å². The van der Waals surface area contributed by atoms with Crippen molar-refractivity contribution in [1.82, 2.24) is 0 Å². The van der Waals surface area contributed by atoms with Crippen LogP contribution in [0.5, 0.6) is 11.5 Å². The van der Waals surface area contributed by atoms with Gasteiger partial charge in [0, 0.05) is 18.2 Å². The third-order valence-electron chi connectivity index (χ3n) is 2.43. The molecule has 23 heavy (non-hydrogen) atoms. The van der Waals surface area contributed by atoms with Crippen LogP contribution in [0, 0.1) is 30.3 Å². The van der Waals surface area contributed by atoms with Gasteiger partial charge in [-0.1, -0.05) is 0 Å². The lowest BCUT2D eigenvalue weighted by Crippen LogP contribution is -1.92. The minimum absolute atomic E-state index is 0.0159. The van der Waals surface area contributed by atoms with Crippen LogP contribution in [-0.4, -0.2) is 25.0 Å². The van der Waals surface area contributed by atoms with Gasteiger partial charge in [0.05, 0.1) is 20.8 Å². The third-order valence-corrected chi connectivity index (χ3v) is 2.43. The highest BCUT2D eigenvalue weighted by Gasteiger charge is 2.18. The molecule has 0 fully saturated rings. The zero-order chi connectivity index (χ0) is 17.6. The Balaban J connectivity index is 0.000000238. The summed E-state index contributed by atoms with van der Waals surface area (Å²) in [5.74, 6) is -0.554. The number of hydrogen-bond acceptors (Lipinski definition) is 8. The van der Waals surface area contributed by atoms with Gasteiger partial charge in [0.25, 0.3) is 11.4 Å². The quantitative estimate of drug-likeness (QED) is 0.640. The fourth-order valence-electron chi connectivity index (χ4n) is 1.35. The van der Waals surface area contributed by atoms with E-state index < -0.39 is 31.9 Å². The van der Waals surface area contributed by atoms with E-state index in [1.54, 1.807) is 0 Å². The second-order valence-corrected chi connectivity index (χ2v) is 3.96. The number of rotatable bonds is 3. The molecule has 0 saturated heterocycles. The summed E-state index contributed by atoms with van der Waals surface area (Å²) in [6.45, 7) is 0. The Labute approximate surface area is 127 Å². The van der Waals surface area contributed by atoms with Crippen molar-refractivity contribution < 1.29 is 25.0 Å². The van der Waals surface area contributed by atoms with E-state index in [0.29, 0.717) is 6.07 Å². The van der Waals surface area contributed by atoms with Gasteiger partial charge in [0.2, 0.25) is 0 Å². The summed E-state index contributed by atoms with van der Waals surface area (Å²) in [5.41, 5.74) is -1.11. The summed E-state index contributed by atoms with van der Waals surface area (Å²) in [5, 5.41) is 48.1. The van der Waals surface area contributed by atoms with E-state index in [1.165, 1.54) is 24.3 Å². The molecule has 2 N–H and O–H groups in total. The zero-order valence-electron chi connectivity index (χ0n) is 11.2. The number of phenolic OH excluding ortho intramolecular Hbond substituents is 2. The molecule has 0 spiro atoms. The van der Waals surface area contributed by atoms with Crippen molar-refractivity contribution in [3.8, 4) is 11.5 Å². The number of nitro groups is 3. The molecule has 0 amide bonds. The summed E-state index contributed by atoms with van der Waals surface area (Å²) >= 11 is 0. The van der Waals surface area contributed by atoms with Crippen LogP contribution in [0.25, 0.3) is 0 Å². The average molecular weight is 323 g/mol. The zero-order valence-corrected chi connectivity index (χ0v) is 11.2. The minimum Gasteiger partial charge on any atom is -0.508 e. The van der Waals surface area contributed by atoms with E-state index in [4.69, 9.17) is 10.2 Å². The van der Waals surface area contributed by atoms with Crippen LogP contribution in [0.1, 0.15) is 0 Å². The van der Waals surface area contributed by atoms with Crippen LogP contribution in [0.2, 0.25) is 0 Å². The van der Waals surface area contributed by atoms with Crippen LogP contribution >= 0.6 is 0 Å². The molecule has 2 rings (SSSR count). The molecule has 11 nitrogen and oxygen atoms in total. The Kier molecular flexibility index (Phi) is 5.49. The van der Waals surface area contributed by atoms with Crippen molar-refractivity contribution in [3.63, 3.8) is 0 Å². The molecule has 2 aromatic rings. The molecule has 0 aliphatic carbocycles. The number of aromatic hydroxyl groups is 2. The summed E-state index contributed by atoms with van der Waals surface area (Å²) in [6.07, 6.45) is 0. The summed E-state index contributed by atoms with van der Waals surface area (Å²) in [6, 6.07) is 7.65. The van der Waals surface area contributed by atoms with Gasteiger partial charge in [-0.3, -0.25) is 30.3 Å². The Hall–Kier alpha value is -3.76. The normalized spacial score (nSPS) is 9.39. The lowest BCUT2D eigenvalue weighted by molar-refractivity contribution is -0.394. The molecule has 0 unspecified atom stereocenters. The molecule has 0 bridgehead atoms. The molecule has 0 atom stereocenters. The SMILES string of the molecule is O=[N+]([O-])c1ccc(O)c([N+](=O)[O-])c1.O=[N+]([O-])c1ccc(O)cc1. The fourth-order valence-corrected chi connectivity index (χ4v) is 1.35. The molecule has 0 aliphatic rings. The van der Waals surface area contributed by atoms with Crippen molar-refractivity contribution in [2.24, 2.45) is 0 Å². The van der Waals surface area contributed by atoms with Gasteiger partial charge >= 0.3 is 5.69 Å². The Morgan fingerprint density at radius 2 is 1.17 bits per heavy atom. The predicted molar refractivity (Wildman–Crippen MR) is 76.2 cm³/mol. The highest BCUT2D eigenvalue weighted by Crippen LogP contribution is 2.29. The second kappa shape index (κ2) is 7.31. The monoisotopic (exact) mass is 323 g/mol. The number of nitrogens with zero attached hydrogens (tertiary/aromatic N) is 3. The van der Waals surface area contributed by atoms with Gasteiger partial charge in [-0.2, -0.15) is 0 Å². The van der Waals surface area contributed by atoms with Crippen molar-refractivity contribution >= 4 is 17.1 Å². The Bertz CT molecular complexity index is 744. The summed E-state index contributed by atoms with van der Waals surface area (Å²) in [4.78, 5) is 28.3. The highest BCUT2D eigenvalue weighted by atomic mass is 16.6. The molecule has 0 radical (unpaired) electrons. The fraction of sp³-hybridized carbons (Fsp3) is 0. The number of non-ortho nitro benzene ring substituents is 2. The lowest BCUT2D eigenvalue weighted by atomic mass is 10.2. The van der Waals surface area contributed by atoms with Gasteiger partial charge in [-0.15, -0.1) is 0 Å². The van der Waals surface area contributed by atoms with E-state index in [9.17, 15) is 30.3 Å². The highest BCUT2D eigenvalue weighted by molar-refractivity contribution is 5.52. The van der Waals surface area contributed by atoms with Gasteiger partial charge in [-0.05, 0) is 18.2 Å². The van der Waals surface area contributed by atoms with Gasteiger partial charge in [0.1, 0.15) is 5.75 Å². The topological polar surface area (TPSA) is 170 Å². The smallest absolute Gasteiger partial charge is 0.317 e. The molecule has 11 heteroatoms. The van der Waals surface area contributed by atoms with Crippen molar-refractivity contribution in [3.05, 3.63) is 72.8 Å². The molecular weight excluding hydrogens is 314 g/mol. The van der Waals surface area contributed by atoms with E-state index in [2.05, 4.69) is 0 Å². The molecule has 120 valence electrons. The minimum atomic E-state index is -0.887. The van der Waals surface area contributed by atoms with Crippen molar-refractivity contribution in [2.45, 2.75) is 0 Å². The van der Waals surface area contributed by atoms with E-state index in [1.807, 2.05) is 0 Å². The number of nitro benzene ring substituents is 3. The third kappa shape index (κ3) is 4.93. The maximum atomic E-state index is 10.2. The average Bonchev–Trinajstić information content (AvgIpc) is 2.48. The molecule has 0 aromatic heterocycles. The first-order valence-electron chi connectivity index (χ1n) is 5.77. The lowest BCUT2D eigenvalue weighted by Gasteiger charge is -1.94. The largest absolute Gasteiger partial charge is 0.508 e. The molecule has 0 aliphatic heterocycles. The van der Waals surface area contributed by atoms with E-state index in [0.717, 1.165) is 12.1 Å². The number of hydrogen-bond donors (Lipinski definition) is 2. The summed E-state index contributed by atoms with van der Waals surface area (Å²) in [7, 11) is 0. The molecule has 0 saturated carbocycles. The maximum absolute atomic E-state index is 10.2. The number of benzene rings is 2. The first-order valence-corrected chi connectivity index (χ1v) is 5.77. The maximum Gasteiger partial charge on any atom is 0.317 e. The summed E-state index contributed by atoms with van der Waals surface area (Å²) < 4.78 is 0. The molecule has 0 heterocycles. The van der Waals surface area contributed by atoms with E-state index >= 15 is 0 Å². The van der Waals surface area contributed by atoms with Crippen molar-refractivity contribution in [1.29, 1.82) is 0 Å². The van der Waals surface area contributed by atoms with Crippen LogP contribution in [-0.2, 0) is 0 Å². The Morgan fingerprint density at radius 3 is 1.61 bits per heavy atom. The van der Waals surface area contributed by atoms with Crippen LogP contribution < -0.4 is 0 Å². The molecular formula is C12H9N3O8. The molecule has 2 aromatic carbocycles. The van der Waals surface area contributed by atoms with Gasteiger partial charge in [-0.25, -0.2) is 0 Å². The van der Waals surface area contributed by atoms with E-state index in [-0.39, 0.29) is 11.4 Å². The van der Waals surface area contributed by atoms with Crippen LogP contribution in [0.4, 0.5) is 17.1 Å². The first-order chi connectivity index (χ1) is 10.7. The number of phenols is 2. The standard InChI is InChI=1S/C6H4N2O5.C6H5NO3/c9-6-2-1-4(7(10)11)3-5(6)8(12)13;8-6-3-1-5(2-4-6)7(9)10/h1-3,9H;1-4,8H. The Morgan fingerprint density at radius 1 is 0.696 bits per heavy atom. The first kappa shape index (κ1) is 17.3. The van der Waals surface area contributed by atoms with Gasteiger partial charge in [0.15, 0.2) is 5.75 Å².